The second kappa shape index (κ2) is 4.64. The summed E-state index contributed by atoms with van der Waals surface area (Å²) in [4.78, 5) is 0. The average molecular weight is 241 g/mol. The van der Waals surface area contributed by atoms with E-state index in [1.54, 1.807) is 0 Å². The van der Waals surface area contributed by atoms with E-state index in [1.165, 1.54) is 0 Å². The Kier molecular flexibility index (Phi) is 2.84. The summed E-state index contributed by atoms with van der Waals surface area (Å²) in [7, 11) is 0. The van der Waals surface area contributed by atoms with Gasteiger partial charge in [-0.15, -0.1) is 5.10 Å². The standard InChI is InChI=1S/C14H15N3O/c1-2-3-8-18-13-9-12-14(16-17-15-12)11-7-5-4-6-10(11)13/h4-7,9H,2-3,8H2,1H3,(H,15,16,17). The maximum absolute atomic E-state index is 5.86. The fourth-order valence-electron chi connectivity index (χ4n) is 2.09. The van der Waals surface area contributed by atoms with E-state index < -0.39 is 0 Å². The van der Waals surface area contributed by atoms with Gasteiger partial charge in [0.05, 0.1) is 12.1 Å². The number of unbranched alkanes of at least 4 members (excludes halogenated alkanes) is 1. The van der Waals surface area contributed by atoms with E-state index in [9.17, 15) is 0 Å². The van der Waals surface area contributed by atoms with Crippen LogP contribution in [0.25, 0.3) is 21.8 Å². The predicted molar refractivity (Wildman–Crippen MR) is 71.8 cm³/mol. The second-order valence-electron chi connectivity index (χ2n) is 4.33. The van der Waals surface area contributed by atoms with Crippen LogP contribution in [0.3, 0.4) is 0 Å². The molecule has 0 amide bonds. The lowest BCUT2D eigenvalue weighted by atomic mass is 10.1. The smallest absolute Gasteiger partial charge is 0.129 e. The number of hydrogen-bond acceptors (Lipinski definition) is 3. The van der Waals surface area contributed by atoms with Crippen molar-refractivity contribution in [2.75, 3.05) is 6.61 Å². The van der Waals surface area contributed by atoms with Crippen molar-refractivity contribution < 1.29 is 4.74 Å². The van der Waals surface area contributed by atoms with Gasteiger partial charge in [0.2, 0.25) is 0 Å². The first kappa shape index (κ1) is 11.0. The quantitative estimate of drug-likeness (QED) is 0.713. The Morgan fingerprint density at radius 3 is 2.89 bits per heavy atom. The van der Waals surface area contributed by atoms with Crippen LogP contribution in [0, 0.1) is 0 Å². The summed E-state index contributed by atoms with van der Waals surface area (Å²) < 4.78 is 5.86. The highest BCUT2D eigenvalue weighted by atomic mass is 16.5. The number of aromatic amines is 1. The van der Waals surface area contributed by atoms with Gasteiger partial charge in [0.25, 0.3) is 0 Å². The van der Waals surface area contributed by atoms with Gasteiger partial charge in [-0.05, 0) is 6.42 Å². The molecule has 92 valence electrons. The Morgan fingerprint density at radius 1 is 1.22 bits per heavy atom. The molecule has 0 bridgehead atoms. The molecule has 0 saturated heterocycles. The van der Waals surface area contributed by atoms with Crippen LogP contribution in [0.1, 0.15) is 19.8 Å². The second-order valence-corrected chi connectivity index (χ2v) is 4.33. The minimum absolute atomic E-state index is 0.744. The van der Waals surface area contributed by atoms with E-state index in [2.05, 4.69) is 28.4 Å². The lowest BCUT2D eigenvalue weighted by molar-refractivity contribution is 0.313. The first-order chi connectivity index (χ1) is 8.90. The Morgan fingerprint density at radius 2 is 2.06 bits per heavy atom. The molecule has 2 aromatic carbocycles. The molecule has 1 heterocycles. The van der Waals surface area contributed by atoms with Gasteiger partial charge in [0, 0.05) is 16.8 Å². The van der Waals surface area contributed by atoms with E-state index in [4.69, 9.17) is 4.74 Å². The van der Waals surface area contributed by atoms with Crippen LogP contribution >= 0.6 is 0 Å². The highest BCUT2D eigenvalue weighted by molar-refractivity contribution is 6.06. The third-order valence-corrected chi connectivity index (χ3v) is 3.05. The maximum atomic E-state index is 5.86. The number of aromatic nitrogens is 3. The number of fused-ring (bicyclic) bond motifs is 3. The van der Waals surface area contributed by atoms with Crippen LogP contribution in [0.15, 0.2) is 30.3 Å². The highest BCUT2D eigenvalue weighted by Crippen LogP contribution is 2.31. The van der Waals surface area contributed by atoms with Gasteiger partial charge in [-0.1, -0.05) is 42.8 Å². The zero-order valence-electron chi connectivity index (χ0n) is 10.3. The molecular weight excluding hydrogens is 226 g/mol. The summed E-state index contributed by atoms with van der Waals surface area (Å²) in [5.41, 5.74) is 1.81. The van der Waals surface area contributed by atoms with Gasteiger partial charge >= 0.3 is 0 Å². The molecule has 0 spiro atoms. The molecule has 0 aliphatic rings. The summed E-state index contributed by atoms with van der Waals surface area (Å²) in [6.07, 6.45) is 2.19. The molecule has 1 aromatic heterocycles. The van der Waals surface area contributed by atoms with Crippen LogP contribution in [-0.4, -0.2) is 22.0 Å². The van der Waals surface area contributed by atoms with Gasteiger partial charge < -0.3 is 4.74 Å². The summed E-state index contributed by atoms with van der Waals surface area (Å²) in [5.74, 6) is 0.901. The predicted octanol–water partition coefficient (Wildman–Crippen LogP) is 3.29. The van der Waals surface area contributed by atoms with E-state index in [0.717, 1.165) is 47.0 Å². The van der Waals surface area contributed by atoms with Crippen molar-refractivity contribution in [2.45, 2.75) is 19.8 Å². The third-order valence-electron chi connectivity index (χ3n) is 3.05. The Bertz CT molecular complexity index is 675. The average Bonchev–Trinajstić information content (AvgIpc) is 2.87. The van der Waals surface area contributed by atoms with Crippen molar-refractivity contribution in [1.29, 1.82) is 0 Å². The minimum atomic E-state index is 0.744. The molecule has 4 nitrogen and oxygen atoms in total. The maximum Gasteiger partial charge on any atom is 0.129 e. The van der Waals surface area contributed by atoms with Gasteiger partial charge in [-0.2, -0.15) is 0 Å². The van der Waals surface area contributed by atoms with Crippen molar-refractivity contribution >= 4 is 21.8 Å². The fraction of sp³-hybridized carbons (Fsp3) is 0.286. The van der Waals surface area contributed by atoms with Crippen LogP contribution < -0.4 is 4.74 Å². The summed E-state index contributed by atoms with van der Waals surface area (Å²) in [5, 5.41) is 13.1. The Hall–Kier alpha value is -2.10. The van der Waals surface area contributed by atoms with E-state index in [-0.39, 0.29) is 0 Å². The highest BCUT2D eigenvalue weighted by Gasteiger charge is 2.09. The first-order valence-electron chi connectivity index (χ1n) is 6.25. The normalized spacial score (nSPS) is 11.2. The largest absolute Gasteiger partial charge is 0.493 e. The first-order valence-corrected chi connectivity index (χ1v) is 6.25. The molecule has 0 unspecified atom stereocenters. The molecule has 4 heteroatoms. The molecule has 3 aromatic rings. The zero-order chi connectivity index (χ0) is 12.4. The Labute approximate surface area is 105 Å². The summed E-state index contributed by atoms with van der Waals surface area (Å²) in [6.45, 7) is 2.90. The van der Waals surface area contributed by atoms with Crippen LogP contribution in [-0.2, 0) is 0 Å². The molecule has 0 aliphatic carbocycles. The molecule has 0 aliphatic heterocycles. The lowest BCUT2D eigenvalue weighted by Crippen LogP contribution is -1.97. The molecule has 0 fully saturated rings. The topological polar surface area (TPSA) is 50.8 Å². The number of benzene rings is 2. The fourth-order valence-corrected chi connectivity index (χ4v) is 2.09. The van der Waals surface area contributed by atoms with Crippen molar-refractivity contribution in [3.05, 3.63) is 30.3 Å². The lowest BCUT2D eigenvalue weighted by Gasteiger charge is -2.09. The molecule has 0 saturated carbocycles. The van der Waals surface area contributed by atoms with Gasteiger partial charge in [-0.25, -0.2) is 0 Å². The molecule has 0 radical (unpaired) electrons. The zero-order valence-corrected chi connectivity index (χ0v) is 10.3. The molecular formula is C14H15N3O. The summed E-state index contributed by atoms with van der Waals surface area (Å²) >= 11 is 0. The Balaban J connectivity index is 2.14. The molecule has 1 N–H and O–H groups in total. The number of hydrogen-bond donors (Lipinski definition) is 1. The van der Waals surface area contributed by atoms with Crippen molar-refractivity contribution in [3.63, 3.8) is 0 Å². The van der Waals surface area contributed by atoms with Gasteiger partial charge in [0.15, 0.2) is 0 Å². The molecule has 3 rings (SSSR count). The molecule has 18 heavy (non-hydrogen) atoms. The van der Waals surface area contributed by atoms with E-state index in [0.29, 0.717) is 0 Å². The van der Waals surface area contributed by atoms with Crippen molar-refractivity contribution in [1.82, 2.24) is 15.4 Å². The van der Waals surface area contributed by atoms with E-state index >= 15 is 0 Å². The number of nitrogens with zero attached hydrogens (tertiary/aromatic N) is 2. The monoisotopic (exact) mass is 241 g/mol. The van der Waals surface area contributed by atoms with Crippen LogP contribution in [0.2, 0.25) is 0 Å². The van der Waals surface area contributed by atoms with Gasteiger partial charge in [-0.3, -0.25) is 5.10 Å². The molecule has 0 atom stereocenters. The van der Waals surface area contributed by atoms with E-state index in [1.807, 2.05) is 24.3 Å². The van der Waals surface area contributed by atoms with Crippen LogP contribution in [0.4, 0.5) is 0 Å². The van der Waals surface area contributed by atoms with Gasteiger partial charge in [0.1, 0.15) is 11.3 Å². The number of H-pyrrole nitrogens is 1. The number of nitrogens with one attached hydrogen (secondary N) is 1. The third kappa shape index (κ3) is 1.79. The van der Waals surface area contributed by atoms with Crippen molar-refractivity contribution in [2.24, 2.45) is 0 Å². The van der Waals surface area contributed by atoms with Crippen molar-refractivity contribution in [3.8, 4) is 5.75 Å². The number of rotatable bonds is 4. The minimum Gasteiger partial charge on any atom is -0.493 e. The van der Waals surface area contributed by atoms with Crippen LogP contribution in [0.5, 0.6) is 5.75 Å². The summed E-state index contributed by atoms with van der Waals surface area (Å²) in [6, 6.07) is 10.1. The number of ether oxygens (including phenoxy) is 1. The SMILES string of the molecule is CCCCOc1cc2[nH]nnc2c2ccccc12.